The highest BCUT2D eigenvalue weighted by Gasteiger charge is 2.26. The summed E-state index contributed by atoms with van der Waals surface area (Å²) in [5, 5.41) is 4.81. The van der Waals surface area contributed by atoms with Crippen LogP contribution in [0.15, 0.2) is 138 Å². The molecule has 6 heteroatoms. The van der Waals surface area contributed by atoms with Gasteiger partial charge in [0.15, 0.2) is 18.6 Å². The number of aryl methyl sites for hydroxylation is 2. The van der Waals surface area contributed by atoms with Gasteiger partial charge in [0.05, 0.1) is 5.70 Å². The molecule has 2 aromatic heterocycles. The second kappa shape index (κ2) is 13.7. The van der Waals surface area contributed by atoms with Gasteiger partial charge in [0, 0.05) is 61.2 Å². The van der Waals surface area contributed by atoms with Crippen molar-refractivity contribution in [2.75, 3.05) is 14.1 Å². The molecule has 4 aromatic rings. The summed E-state index contributed by atoms with van der Waals surface area (Å²) >= 11 is 0. The highest BCUT2D eigenvalue weighted by atomic mass is 16.6. The predicted octanol–water partition coefficient (Wildman–Crippen LogP) is 5.35. The normalized spacial score (nSPS) is 16.4. The van der Waals surface area contributed by atoms with Crippen molar-refractivity contribution < 1.29 is 18.7 Å². The Morgan fingerprint density at radius 2 is 1.63 bits per heavy atom. The van der Waals surface area contributed by atoms with Crippen molar-refractivity contribution in [2.24, 2.45) is 14.1 Å². The molecule has 0 fully saturated rings. The number of amides is 1. The van der Waals surface area contributed by atoms with Gasteiger partial charge in [-0.3, -0.25) is 4.90 Å². The Balaban J connectivity index is 1.28. The lowest BCUT2D eigenvalue weighted by molar-refractivity contribution is -0.671. The van der Waals surface area contributed by atoms with Gasteiger partial charge in [-0.05, 0) is 58.0 Å². The van der Waals surface area contributed by atoms with Crippen molar-refractivity contribution in [1.29, 1.82) is 0 Å². The van der Waals surface area contributed by atoms with Crippen molar-refractivity contribution in [2.45, 2.75) is 19.4 Å². The zero-order chi connectivity index (χ0) is 32.0. The molecule has 46 heavy (non-hydrogen) atoms. The van der Waals surface area contributed by atoms with Crippen molar-refractivity contribution >= 4 is 35.2 Å². The van der Waals surface area contributed by atoms with E-state index < -0.39 is 0 Å². The summed E-state index contributed by atoms with van der Waals surface area (Å²) in [6.07, 6.45) is 24.3. The molecule has 1 aliphatic heterocycles. The fourth-order valence-corrected chi connectivity index (χ4v) is 5.89. The van der Waals surface area contributed by atoms with Crippen molar-refractivity contribution in [3.05, 3.63) is 160 Å². The molecule has 6 nitrogen and oxygen atoms in total. The van der Waals surface area contributed by atoms with Crippen LogP contribution in [0.4, 0.5) is 4.79 Å². The van der Waals surface area contributed by atoms with Crippen molar-refractivity contribution in [3.8, 4) is 0 Å². The Labute approximate surface area is 270 Å². The maximum atomic E-state index is 13.4. The molecule has 0 bridgehead atoms. The minimum Gasteiger partial charge on any atom is -0.444 e. The molecule has 0 N–H and O–H groups in total. The Bertz CT molecular complexity index is 2070. The zero-order valence-electron chi connectivity index (χ0n) is 26.9. The van der Waals surface area contributed by atoms with Crippen LogP contribution in [0.5, 0.6) is 0 Å². The van der Waals surface area contributed by atoms with E-state index >= 15 is 0 Å². The van der Waals surface area contributed by atoms with Gasteiger partial charge in [-0.15, -0.1) is 0 Å². The molecular formula is C40H40N4O2+2. The van der Waals surface area contributed by atoms with Crippen LogP contribution in [0, 0.1) is 0 Å². The molecule has 0 spiro atoms. The van der Waals surface area contributed by atoms with Gasteiger partial charge in [0.25, 0.3) is 0 Å². The lowest BCUT2D eigenvalue weighted by atomic mass is 10.1. The van der Waals surface area contributed by atoms with Gasteiger partial charge in [0.1, 0.15) is 20.7 Å². The van der Waals surface area contributed by atoms with Gasteiger partial charge < -0.3 is 9.64 Å². The molecular weight excluding hydrogens is 568 g/mol. The van der Waals surface area contributed by atoms with Crippen LogP contribution in [0.2, 0.25) is 0 Å². The summed E-state index contributed by atoms with van der Waals surface area (Å²) in [6.45, 7) is 0.214. The summed E-state index contributed by atoms with van der Waals surface area (Å²) in [5.41, 5.74) is 6.23. The van der Waals surface area contributed by atoms with E-state index in [0.29, 0.717) is 0 Å². The fourth-order valence-electron chi connectivity index (χ4n) is 5.89. The monoisotopic (exact) mass is 608 g/mol. The maximum Gasteiger partial charge on any atom is 0.414 e. The second-order valence-electron chi connectivity index (χ2n) is 11.8. The molecule has 2 aliphatic rings. The largest absolute Gasteiger partial charge is 0.444 e. The van der Waals surface area contributed by atoms with Gasteiger partial charge in [-0.25, -0.2) is 13.9 Å². The number of nitrogens with zero attached hydrogens (tertiary/aromatic N) is 4. The predicted molar refractivity (Wildman–Crippen MR) is 184 cm³/mol. The smallest absolute Gasteiger partial charge is 0.414 e. The van der Waals surface area contributed by atoms with Crippen LogP contribution in [0.1, 0.15) is 24.1 Å². The number of likely N-dealkylation sites (N-methyl/N-ethyl adjacent to an activating group) is 1. The van der Waals surface area contributed by atoms with Crippen LogP contribution >= 0.6 is 0 Å². The highest BCUT2D eigenvalue weighted by molar-refractivity contribution is 5.82. The zero-order valence-corrected chi connectivity index (χ0v) is 26.9. The van der Waals surface area contributed by atoms with Crippen LogP contribution in [0.25, 0.3) is 29.1 Å². The summed E-state index contributed by atoms with van der Waals surface area (Å²) in [6, 6.07) is 22.9. The van der Waals surface area contributed by atoms with E-state index in [9.17, 15) is 4.79 Å². The lowest BCUT2D eigenvalue weighted by Gasteiger charge is -2.21. The molecule has 1 amide bonds. The number of allylic oxidation sites excluding steroid dienone is 8. The van der Waals surface area contributed by atoms with E-state index in [-0.39, 0.29) is 12.7 Å². The number of pyridine rings is 2. The average molecular weight is 609 g/mol. The van der Waals surface area contributed by atoms with Gasteiger partial charge >= 0.3 is 6.09 Å². The molecule has 230 valence electrons. The number of rotatable bonds is 7. The molecule has 0 atom stereocenters. The minimum atomic E-state index is -0.378. The Hall–Kier alpha value is -5.49. The van der Waals surface area contributed by atoms with E-state index in [0.717, 1.165) is 46.6 Å². The number of benzene rings is 2. The first-order chi connectivity index (χ1) is 22.4. The average Bonchev–Trinajstić information content (AvgIpc) is 3.46. The number of hydrogen-bond acceptors (Lipinski definition) is 3. The molecule has 3 heterocycles. The maximum absolute atomic E-state index is 13.4. The molecule has 0 saturated carbocycles. The minimum absolute atomic E-state index is 0.214. The molecule has 0 unspecified atom stereocenters. The first-order valence-corrected chi connectivity index (χ1v) is 15.6. The quantitative estimate of drug-likeness (QED) is 0.266. The van der Waals surface area contributed by atoms with Crippen molar-refractivity contribution in [3.63, 3.8) is 0 Å². The molecule has 0 saturated heterocycles. The van der Waals surface area contributed by atoms with E-state index in [4.69, 9.17) is 4.74 Å². The van der Waals surface area contributed by atoms with Gasteiger partial charge in [-0.1, -0.05) is 66.8 Å². The number of ether oxygens (including phenoxy) is 1. The number of carbonyl (C=O) groups excluding carboxylic acids is 1. The fraction of sp³-hybridized carbons (Fsp3) is 0.175. The first kappa shape index (κ1) is 30.5. The summed E-state index contributed by atoms with van der Waals surface area (Å²) in [5.74, 6) is 0. The van der Waals surface area contributed by atoms with E-state index in [2.05, 4.69) is 133 Å². The van der Waals surface area contributed by atoms with Crippen molar-refractivity contribution in [1.82, 2.24) is 9.80 Å². The van der Waals surface area contributed by atoms with E-state index in [1.165, 1.54) is 21.2 Å². The molecule has 6 rings (SSSR count). The molecule has 0 radical (unpaired) electrons. The third-order valence-corrected chi connectivity index (χ3v) is 8.50. The Kier molecular flexibility index (Phi) is 9.06. The third-order valence-electron chi connectivity index (χ3n) is 8.50. The number of aromatic nitrogens is 2. The van der Waals surface area contributed by atoms with E-state index in [1.54, 1.807) is 11.9 Å². The molecule has 1 aliphatic carbocycles. The highest BCUT2D eigenvalue weighted by Crippen LogP contribution is 2.35. The van der Waals surface area contributed by atoms with Crippen LogP contribution in [-0.4, -0.2) is 30.0 Å². The van der Waals surface area contributed by atoms with Crippen LogP contribution in [-0.2, 0) is 25.4 Å². The summed E-state index contributed by atoms with van der Waals surface area (Å²) in [4.78, 5) is 17.2. The SMILES string of the molecule is CN(C(=O)OCc1cc[n+](C)cc1)C1=C(/C=C/C=C2/C=c3ccccc3=CN2C)CC/C1=C\C=C\c1cc2ccccc2c[n+]1C. The van der Waals surface area contributed by atoms with Crippen LogP contribution in [0.3, 0.4) is 0 Å². The first-order valence-electron chi connectivity index (χ1n) is 15.6. The second-order valence-corrected chi connectivity index (χ2v) is 11.8. The summed E-state index contributed by atoms with van der Waals surface area (Å²) in [7, 11) is 7.89. The lowest BCUT2D eigenvalue weighted by Crippen LogP contribution is -2.32. The van der Waals surface area contributed by atoms with Gasteiger partial charge in [0.2, 0.25) is 5.69 Å². The number of hydrogen-bond donors (Lipinski definition) is 0. The third kappa shape index (κ3) is 6.92. The Morgan fingerprint density at radius 1 is 0.913 bits per heavy atom. The van der Waals surface area contributed by atoms with E-state index in [1.807, 2.05) is 36.1 Å². The van der Waals surface area contributed by atoms with Crippen LogP contribution < -0.4 is 19.6 Å². The Morgan fingerprint density at radius 3 is 2.43 bits per heavy atom. The number of carbonyl (C=O) groups is 1. The topological polar surface area (TPSA) is 40.5 Å². The standard InChI is InChI=1S/C40H40N4O2/c1-41-23-21-30(22-24-41)29-46-40(45)44(4)39-31(15-9-17-37-25-33-11-5-7-13-35(33)27-42(37)2)19-20-32(39)16-10-18-38-26-34-12-6-8-14-36(34)28-43(38)3/h5-18,21-28H,19-20,29H2,1-4H3/q+2. The number of fused-ring (bicyclic) bond motifs is 2. The van der Waals surface area contributed by atoms with Gasteiger partial charge in [-0.2, -0.15) is 0 Å². The summed E-state index contributed by atoms with van der Waals surface area (Å²) < 4.78 is 9.85. The molecule has 2 aromatic carbocycles.